The average Bonchev–Trinajstić information content (AvgIpc) is 3.17. The minimum absolute atomic E-state index is 0.00367. The fraction of sp³-hybridized carbons (Fsp3) is 0.118. The van der Waals surface area contributed by atoms with Gasteiger partial charge in [0, 0.05) is 0 Å². The third-order valence-corrected chi connectivity index (χ3v) is 3.58. The van der Waals surface area contributed by atoms with Crippen LogP contribution in [0.5, 0.6) is 0 Å². The van der Waals surface area contributed by atoms with Crippen molar-refractivity contribution >= 4 is 23.2 Å². The van der Waals surface area contributed by atoms with Crippen LogP contribution in [0.4, 0.5) is 17.3 Å². The van der Waals surface area contributed by atoms with Gasteiger partial charge in [0.2, 0.25) is 0 Å². The van der Waals surface area contributed by atoms with Crippen molar-refractivity contribution < 1.29 is 9.21 Å². The van der Waals surface area contributed by atoms with Crippen molar-refractivity contribution in [3.63, 3.8) is 0 Å². The predicted octanol–water partition coefficient (Wildman–Crippen LogP) is 2.58. The van der Waals surface area contributed by atoms with Crippen molar-refractivity contribution in [3.8, 4) is 0 Å². The lowest BCUT2D eigenvalue weighted by Gasteiger charge is -2.17. The third-order valence-electron chi connectivity index (χ3n) is 3.58. The van der Waals surface area contributed by atoms with E-state index in [1.54, 1.807) is 12.1 Å². The molecule has 1 amide bonds. The Hall–Kier alpha value is -3.55. The van der Waals surface area contributed by atoms with Crippen LogP contribution in [0.3, 0.4) is 0 Å². The smallest absolute Gasteiger partial charge is 0.305 e. The molecule has 1 unspecified atom stereocenters. The lowest BCUT2D eigenvalue weighted by atomic mass is 10.1. The summed E-state index contributed by atoms with van der Waals surface area (Å²) in [5.74, 6) is 0.505. The second-order valence-corrected chi connectivity index (χ2v) is 5.32. The molecule has 8 heteroatoms. The Morgan fingerprint density at radius 1 is 1.12 bits per heavy atom. The van der Waals surface area contributed by atoms with E-state index in [1.165, 1.54) is 12.6 Å². The van der Waals surface area contributed by atoms with Crippen LogP contribution >= 0.6 is 0 Å². The summed E-state index contributed by atoms with van der Waals surface area (Å²) in [7, 11) is 0. The number of nitrogens with two attached hydrogens (primary N) is 1. The topological polar surface area (TPSA) is 118 Å². The fourth-order valence-electron chi connectivity index (χ4n) is 2.23. The summed E-state index contributed by atoms with van der Waals surface area (Å²) in [6.07, 6.45) is 2.78. The van der Waals surface area contributed by atoms with Crippen LogP contribution < -0.4 is 21.9 Å². The molecular weight excluding hydrogens is 320 g/mol. The van der Waals surface area contributed by atoms with Gasteiger partial charge in [0.1, 0.15) is 12.0 Å². The van der Waals surface area contributed by atoms with E-state index in [2.05, 4.69) is 26.1 Å². The first kappa shape index (κ1) is 16.3. The molecule has 0 saturated carbocycles. The van der Waals surface area contributed by atoms with E-state index in [4.69, 9.17) is 10.2 Å². The summed E-state index contributed by atoms with van der Waals surface area (Å²) in [5, 5.41) is 3.23. The summed E-state index contributed by atoms with van der Waals surface area (Å²) in [5.41, 5.74) is 12.6. The molecule has 1 atom stereocenters. The predicted molar refractivity (Wildman–Crippen MR) is 94.7 cm³/mol. The van der Waals surface area contributed by atoms with Gasteiger partial charge in [0.25, 0.3) is 0 Å². The van der Waals surface area contributed by atoms with Crippen LogP contribution in [0.1, 0.15) is 29.1 Å². The fourth-order valence-corrected chi connectivity index (χ4v) is 2.23. The van der Waals surface area contributed by atoms with Crippen molar-refractivity contribution in [2.24, 2.45) is 0 Å². The number of nitrogens with one attached hydrogen (secondary N) is 3. The zero-order chi connectivity index (χ0) is 17.6. The minimum atomic E-state index is -0.435. The van der Waals surface area contributed by atoms with Gasteiger partial charge in [-0.05, 0) is 24.6 Å². The van der Waals surface area contributed by atoms with E-state index in [0.29, 0.717) is 11.5 Å². The second-order valence-electron chi connectivity index (χ2n) is 5.32. The molecule has 0 aliphatic rings. The zero-order valence-corrected chi connectivity index (χ0v) is 13.6. The van der Waals surface area contributed by atoms with E-state index in [1.807, 2.05) is 37.3 Å². The Kier molecular flexibility index (Phi) is 4.79. The summed E-state index contributed by atoms with van der Waals surface area (Å²) >= 11 is 0. The van der Waals surface area contributed by atoms with E-state index < -0.39 is 5.91 Å². The summed E-state index contributed by atoms with van der Waals surface area (Å²) in [6, 6.07) is 13.1. The molecule has 0 spiro atoms. The maximum atomic E-state index is 11.9. The molecule has 128 valence electrons. The van der Waals surface area contributed by atoms with Crippen LogP contribution in [-0.2, 0) is 0 Å². The van der Waals surface area contributed by atoms with E-state index in [-0.39, 0.29) is 17.6 Å². The van der Waals surface area contributed by atoms with Crippen molar-refractivity contribution in [1.29, 1.82) is 0 Å². The number of furan rings is 1. The number of carbonyl (C=O) groups excluding carboxylic acids is 1. The van der Waals surface area contributed by atoms with E-state index in [9.17, 15) is 4.79 Å². The Labute approximate surface area is 144 Å². The lowest BCUT2D eigenvalue weighted by molar-refractivity contribution is 0.0935. The molecular formula is C17H18N6O2. The van der Waals surface area contributed by atoms with Gasteiger partial charge in [-0.3, -0.25) is 15.6 Å². The van der Waals surface area contributed by atoms with Gasteiger partial charge in [-0.2, -0.15) is 0 Å². The number of anilines is 3. The molecule has 0 aliphatic heterocycles. The largest absolute Gasteiger partial charge is 0.459 e. The Balaban J connectivity index is 1.68. The van der Waals surface area contributed by atoms with Gasteiger partial charge in [0.15, 0.2) is 17.4 Å². The van der Waals surface area contributed by atoms with Crippen molar-refractivity contribution in [2.75, 3.05) is 16.5 Å². The number of carbonyl (C=O) groups is 1. The highest BCUT2D eigenvalue weighted by Crippen LogP contribution is 2.26. The number of hydrogen-bond donors (Lipinski definition) is 4. The molecule has 2 aromatic heterocycles. The van der Waals surface area contributed by atoms with Crippen LogP contribution in [0.25, 0.3) is 0 Å². The number of amides is 1. The molecule has 0 saturated heterocycles. The first-order valence-corrected chi connectivity index (χ1v) is 7.67. The quantitative estimate of drug-likeness (QED) is 0.510. The van der Waals surface area contributed by atoms with Crippen molar-refractivity contribution in [2.45, 2.75) is 13.0 Å². The second kappa shape index (κ2) is 7.35. The number of hydrazine groups is 1. The zero-order valence-electron chi connectivity index (χ0n) is 13.6. The molecule has 0 radical (unpaired) electrons. The van der Waals surface area contributed by atoms with Crippen LogP contribution in [0, 0.1) is 0 Å². The molecule has 25 heavy (non-hydrogen) atoms. The van der Waals surface area contributed by atoms with Gasteiger partial charge < -0.3 is 15.5 Å². The van der Waals surface area contributed by atoms with E-state index >= 15 is 0 Å². The molecule has 8 nitrogen and oxygen atoms in total. The van der Waals surface area contributed by atoms with Crippen molar-refractivity contribution in [1.82, 2.24) is 15.4 Å². The highest BCUT2D eigenvalue weighted by atomic mass is 16.3. The normalized spacial score (nSPS) is 11.6. The van der Waals surface area contributed by atoms with Gasteiger partial charge in [-0.15, -0.1) is 0 Å². The molecule has 3 aromatic rings. The van der Waals surface area contributed by atoms with E-state index in [0.717, 1.165) is 5.56 Å². The van der Waals surface area contributed by atoms with Crippen LogP contribution in [-0.4, -0.2) is 15.9 Å². The number of hydrogen-bond acceptors (Lipinski definition) is 7. The Morgan fingerprint density at radius 3 is 2.60 bits per heavy atom. The van der Waals surface area contributed by atoms with Crippen LogP contribution in [0.15, 0.2) is 59.5 Å². The average molecular weight is 338 g/mol. The molecule has 2 heterocycles. The summed E-state index contributed by atoms with van der Waals surface area (Å²) < 4.78 is 5.01. The first-order chi connectivity index (χ1) is 12.1. The number of nitrogens with zero attached hydrogens (tertiary/aromatic N) is 2. The number of aromatic nitrogens is 2. The maximum absolute atomic E-state index is 11.9. The molecule has 1 aromatic carbocycles. The Morgan fingerprint density at radius 2 is 1.88 bits per heavy atom. The van der Waals surface area contributed by atoms with Crippen LogP contribution in [0.2, 0.25) is 0 Å². The Bertz CT molecular complexity index is 836. The highest BCUT2D eigenvalue weighted by Gasteiger charge is 2.13. The monoisotopic (exact) mass is 338 g/mol. The number of benzene rings is 1. The molecule has 0 aliphatic carbocycles. The van der Waals surface area contributed by atoms with Crippen molar-refractivity contribution in [3.05, 3.63) is 66.4 Å². The molecule has 5 N–H and O–H groups in total. The van der Waals surface area contributed by atoms with Gasteiger partial charge in [-0.1, -0.05) is 30.3 Å². The molecule has 0 fully saturated rings. The number of rotatable bonds is 6. The summed E-state index contributed by atoms with van der Waals surface area (Å²) in [4.78, 5) is 20.1. The maximum Gasteiger partial charge on any atom is 0.305 e. The first-order valence-electron chi connectivity index (χ1n) is 7.67. The number of nitrogen functional groups attached to an aromatic ring is 1. The molecule has 3 rings (SSSR count). The van der Waals surface area contributed by atoms with Gasteiger partial charge in [0.05, 0.1) is 12.3 Å². The van der Waals surface area contributed by atoms with Gasteiger partial charge in [-0.25, -0.2) is 9.97 Å². The molecule has 0 bridgehead atoms. The third kappa shape index (κ3) is 3.86. The standard InChI is InChI=1S/C17H18N6O2/c1-11(12-6-3-2-4-7-12)21-15-14(18)16(20-10-19-15)22-23-17(24)13-8-5-9-25-13/h2-11H,18H2,1H3,(H,23,24)(H2,19,20,21,22). The minimum Gasteiger partial charge on any atom is -0.459 e. The highest BCUT2D eigenvalue weighted by molar-refractivity contribution is 5.92. The SMILES string of the molecule is CC(Nc1ncnc(NNC(=O)c2ccco2)c1N)c1ccccc1. The van der Waals surface area contributed by atoms with Gasteiger partial charge >= 0.3 is 5.91 Å². The lowest BCUT2D eigenvalue weighted by Crippen LogP contribution is -2.30. The summed E-state index contributed by atoms with van der Waals surface area (Å²) in [6.45, 7) is 2.00.